The fraction of sp³-hybridized carbons (Fsp3) is 0.381. The molecule has 0 aliphatic carbocycles. The summed E-state index contributed by atoms with van der Waals surface area (Å²) in [5.41, 5.74) is 2.79. The quantitative estimate of drug-likeness (QED) is 0.756. The number of hydrogen-bond acceptors (Lipinski definition) is 2. The van der Waals surface area contributed by atoms with Crippen molar-refractivity contribution in [1.82, 2.24) is 10.6 Å². The van der Waals surface area contributed by atoms with Crippen LogP contribution < -0.4 is 15.4 Å². The molecule has 0 aliphatic heterocycles. The molecular weight excluding hydrogens is 331 g/mol. The second-order valence-corrected chi connectivity index (χ2v) is 7.31. The fourth-order valence-electron chi connectivity index (χ4n) is 2.61. The molecule has 26 heavy (non-hydrogen) atoms. The molecule has 0 atom stereocenters. The van der Waals surface area contributed by atoms with Crippen LogP contribution in [-0.2, 0) is 11.8 Å². The van der Waals surface area contributed by atoms with Gasteiger partial charge in [-0.2, -0.15) is 0 Å². The Kier molecular flexibility index (Phi) is 6.61. The number of benzene rings is 2. The molecule has 0 heterocycles. The SMILES string of the molecule is Cc1ccc(OCNC(=O)NCCc2ccccc2F)c(C(C)(C)C)c1. The van der Waals surface area contributed by atoms with Gasteiger partial charge in [-0.25, -0.2) is 9.18 Å². The van der Waals surface area contributed by atoms with Crippen LogP contribution in [0.3, 0.4) is 0 Å². The minimum absolute atomic E-state index is 0.0522. The number of urea groups is 1. The fourth-order valence-corrected chi connectivity index (χ4v) is 2.61. The third-order valence-electron chi connectivity index (χ3n) is 4.04. The molecule has 0 spiro atoms. The van der Waals surface area contributed by atoms with E-state index in [1.54, 1.807) is 18.2 Å². The van der Waals surface area contributed by atoms with Gasteiger partial charge in [-0.1, -0.05) is 56.7 Å². The monoisotopic (exact) mass is 358 g/mol. The molecule has 2 amide bonds. The Morgan fingerprint density at radius 3 is 2.54 bits per heavy atom. The summed E-state index contributed by atoms with van der Waals surface area (Å²) >= 11 is 0. The lowest BCUT2D eigenvalue weighted by molar-refractivity contribution is 0.223. The van der Waals surface area contributed by atoms with Crippen LogP contribution in [0.25, 0.3) is 0 Å². The predicted octanol–water partition coefficient (Wildman–Crippen LogP) is 4.31. The van der Waals surface area contributed by atoms with E-state index in [2.05, 4.69) is 37.5 Å². The summed E-state index contributed by atoms with van der Waals surface area (Å²) in [6.07, 6.45) is 0.438. The zero-order valence-electron chi connectivity index (χ0n) is 15.9. The van der Waals surface area contributed by atoms with Crippen molar-refractivity contribution in [3.05, 3.63) is 65.0 Å². The summed E-state index contributed by atoms with van der Waals surface area (Å²) in [6, 6.07) is 12.2. The van der Waals surface area contributed by atoms with E-state index in [1.165, 1.54) is 11.6 Å². The third-order valence-corrected chi connectivity index (χ3v) is 4.04. The highest BCUT2D eigenvalue weighted by Gasteiger charge is 2.19. The van der Waals surface area contributed by atoms with Gasteiger partial charge < -0.3 is 15.4 Å². The maximum Gasteiger partial charge on any atom is 0.317 e. The predicted molar refractivity (Wildman–Crippen MR) is 102 cm³/mol. The van der Waals surface area contributed by atoms with Crippen molar-refractivity contribution in [2.24, 2.45) is 0 Å². The van der Waals surface area contributed by atoms with Crippen LogP contribution in [0.15, 0.2) is 42.5 Å². The van der Waals surface area contributed by atoms with Gasteiger partial charge in [-0.05, 0) is 42.0 Å². The summed E-state index contributed by atoms with van der Waals surface area (Å²) in [7, 11) is 0. The van der Waals surface area contributed by atoms with E-state index in [0.717, 1.165) is 11.3 Å². The normalized spacial score (nSPS) is 11.1. The molecule has 0 fully saturated rings. The van der Waals surface area contributed by atoms with Crippen LogP contribution in [-0.4, -0.2) is 19.3 Å². The molecule has 0 radical (unpaired) electrons. The molecule has 5 heteroatoms. The summed E-state index contributed by atoms with van der Waals surface area (Å²) in [6.45, 7) is 8.83. The molecule has 2 N–H and O–H groups in total. The van der Waals surface area contributed by atoms with Gasteiger partial charge in [-0.3, -0.25) is 0 Å². The summed E-state index contributed by atoms with van der Waals surface area (Å²) < 4.78 is 19.3. The van der Waals surface area contributed by atoms with Crippen molar-refractivity contribution >= 4 is 6.03 Å². The van der Waals surface area contributed by atoms with Crippen LogP contribution in [0.1, 0.15) is 37.5 Å². The molecule has 0 unspecified atom stereocenters. The first-order valence-corrected chi connectivity index (χ1v) is 8.76. The molecule has 2 aromatic rings. The van der Waals surface area contributed by atoms with E-state index in [4.69, 9.17) is 4.74 Å². The first kappa shape index (κ1) is 19.8. The molecule has 2 rings (SSSR count). The summed E-state index contributed by atoms with van der Waals surface area (Å²) in [5.74, 6) is 0.502. The number of aryl methyl sites for hydroxylation is 1. The highest BCUT2D eigenvalue weighted by molar-refractivity contribution is 5.73. The van der Waals surface area contributed by atoms with Crippen molar-refractivity contribution in [3.63, 3.8) is 0 Å². The van der Waals surface area contributed by atoms with Crippen molar-refractivity contribution in [2.75, 3.05) is 13.3 Å². The first-order chi connectivity index (χ1) is 12.3. The zero-order chi connectivity index (χ0) is 19.2. The highest BCUT2D eigenvalue weighted by Crippen LogP contribution is 2.31. The molecular formula is C21H27FN2O2. The van der Waals surface area contributed by atoms with Crippen molar-refractivity contribution in [3.8, 4) is 5.75 Å². The van der Waals surface area contributed by atoms with Crippen molar-refractivity contribution in [2.45, 2.75) is 39.5 Å². The van der Waals surface area contributed by atoms with Crippen LogP contribution in [0.5, 0.6) is 5.75 Å². The van der Waals surface area contributed by atoms with Crippen molar-refractivity contribution < 1.29 is 13.9 Å². The Bertz CT molecular complexity index is 754. The van der Waals surface area contributed by atoms with Crippen LogP contribution in [0, 0.1) is 12.7 Å². The lowest BCUT2D eigenvalue weighted by atomic mass is 9.85. The second-order valence-electron chi connectivity index (χ2n) is 7.31. The summed E-state index contributed by atoms with van der Waals surface area (Å²) in [5, 5.41) is 5.36. The number of nitrogens with one attached hydrogen (secondary N) is 2. The second kappa shape index (κ2) is 8.70. The van der Waals surface area contributed by atoms with E-state index >= 15 is 0 Å². The van der Waals surface area contributed by atoms with Crippen LogP contribution in [0.2, 0.25) is 0 Å². The van der Waals surface area contributed by atoms with Gasteiger partial charge >= 0.3 is 6.03 Å². The molecule has 0 aliphatic rings. The molecule has 4 nitrogen and oxygen atoms in total. The van der Waals surface area contributed by atoms with E-state index in [0.29, 0.717) is 18.5 Å². The third kappa shape index (κ3) is 5.76. The van der Waals surface area contributed by atoms with E-state index < -0.39 is 0 Å². The zero-order valence-corrected chi connectivity index (χ0v) is 15.9. The Hall–Kier alpha value is -2.56. The highest BCUT2D eigenvalue weighted by atomic mass is 19.1. The maximum absolute atomic E-state index is 13.5. The Balaban J connectivity index is 1.79. The number of carbonyl (C=O) groups is 1. The summed E-state index contributed by atoms with van der Waals surface area (Å²) in [4.78, 5) is 11.8. The molecule has 140 valence electrons. The van der Waals surface area contributed by atoms with E-state index in [-0.39, 0.29) is 24.0 Å². The minimum atomic E-state index is -0.342. The lowest BCUT2D eigenvalue weighted by Gasteiger charge is -2.23. The molecule has 2 aromatic carbocycles. The van der Waals surface area contributed by atoms with Crippen molar-refractivity contribution in [1.29, 1.82) is 0 Å². The number of amides is 2. The molecule has 0 bridgehead atoms. The van der Waals surface area contributed by atoms with Gasteiger partial charge in [0.2, 0.25) is 0 Å². The largest absolute Gasteiger partial charge is 0.473 e. The van der Waals surface area contributed by atoms with Gasteiger partial charge in [0.05, 0.1) is 0 Å². The number of ether oxygens (including phenoxy) is 1. The minimum Gasteiger partial charge on any atom is -0.473 e. The van der Waals surface area contributed by atoms with E-state index in [9.17, 15) is 9.18 Å². The molecule has 0 saturated carbocycles. The van der Waals surface area contributed by atoms with Gasteiger partial charge in [0, 0.05) is 6.54 Å². The Morgan fingerprint density at radius 1 is 1.12 bits per heavy atom. The Morgan fingerprint density at radius 2 is 1.85 bits per heavy atom. The van der Waals surface area contributed by atoms with Gasteiger partial charge in [-0.15, -0.1) is 0 Å². The van der Waals surface area contributed by atoms with Crippen LogP contribution in [0.4, 0.5) is 9.18 Å². The van der Waals surface area contributed by atoms with E-state index in [1.807, 2.05) is 19.1 Å². The average molecular weight is 358 g/mol. The van der Waals surface area contributed by atoms with Gasteiger partial charge in [0.25, 0.3) is 0 Å². The average Bonchev–Trinajstić information content (AvgIpc) is 2.57. The lowest BCUT2D eigenvalue weighted by Crippen LogP contribution is -2.38. The topological polar surface area (TPSA) is 50.4 Å². The van der Waals surface area contributed by atoms with Gasteiger partial charge in [0.1, 0.15) is 11.6 Å². The van der Waals surface area contributed by atoms with Gasteiger partial charge in [0.15, 0.2) is 6.73 Å². The number of carbonyl (C=O) groups excluding carboxylic acids is 1. The first-order valence-electron chi connectivity index (χ1n) is 8.76. The number of rotatable bonds is 6. The maximum atomic E-state index is 13.5. The number of hydrogen-bond donors (Lipinski definition) is 2. The van der Waals surface area contributed by atoms with Crippen LogP contribution >= 0.6 is 0 Å². The standard InChI is InChI=1S/C21H27FN2O2/c1-15-9-10-19(17(13-15)21(2,3)4)26-14-24-20(25)23-12-11-16-7-5-6-8-18(16)22/h5-10,13H,11-12,14H2,1-4H3,(H2,23,24,25). The number of halogens is 1. The molecule has 0 aromatic heterocycles. The molecule has 0 saturated heterocycles. The smallest absolute Gasteiger partial charge is 0.317 e. The Labute approximate surface area is 154 Å².